The van der Waals surface area contributed by atoms with Gasteiger partial charge in [0.05, 0.1) is 30.0 Å². The number of aryl methyl sites for hydroxylation is 1. The molecule has 31 heavy (non-hydrogen) atoms. The van der Waals surface area contributed by atoms with E-state index in [1.165, 1.54) is 17.3 Å². The number of halogens is 3. The summed E-state index contributed by atoms with van der Waals surface area (Å²) in [4.78, 5) is 7.05. The minimum Gasteiger partial charge on any atom is -0.425 e. The molecule has 0 saturated heterocycles. The molecule has 0 bridgehead atoms. The molecule has 0 saturated carbocycles. The molecule has 1 heterocycles. The Kier molecular flexibility index (Phi) is 6.12. The number of hydrogen-bond donors (Lipinski definition) is 1. The van der Waals surface area contributed by atoms with E-state index in [0.29, 0.717) is 27.6 Å². The zero-order chi connectivity index (χ0) is 22.8. The van der Waals surface area contributed by atoms with Crippen LogP contribution in [0.4, 0.5) is 13.2 Å². The minimum atomic E-state index is -4.66. The van der Waals surface area contributed by atoms with Gasteiger partial charge in [0.1, 0.15) is 5.75 Å². The van der Waals surface area contributed by atoms with Gasteiger partial charge in [0.15, 0.2) is 5.11 Å². The summed E-state index contributed by atoms with van der Waals surface area (Å²) in [6, 6.07) is 5.67. The number of hydrogen-bond acceptors (Lipinski definition) is 4. The molecule has 0 unspecified atom stereocenters. The van der Waals surface area contributed by atoms with E-state index < -0.39 is 24.2 Å². The average molecular weight is 446 g/mol. The second kappa shape index (κ2) is 8.61. The first kappa shape index (κ1) is 22.0. The van der Waals surface area contributed by atoms with Crippen molar-refractivity contribution in [3.05, 3.63) is 59.3 Å². The predicted molar refractivity (Wildman–Crippen MR) is 115 cm³/mol. The van der Waals surface area contributed by atoms with Crippen LogP contribution in [0.25, 0.3) is 26.9 Å². The highest BCUT2D eigenvalue weighted by molar-refractivity contribution is 7.80. The number of benzene rings is 2. The fourth-order valence-corrected chi connectivity index (χ4v) is 3.01. The Labute approximate surface area is 181 Å². The Hall–Kier alpha value is -3.65. The van der Waals surface area contributed by atoms with Crippen molar-refractivity contribution in [1.29, 1.82) is 0 Å². The van der Waals surface area contributed by atoms with Crippen LogP contribution in [-0.4, -0.2) is 39.7 Å². The summed E-state index contributed by atoms with van der Waals surface area (Å²) in [5.74, 6) is -0.429. The molecule has 3 rings (SSSR count). The Bertz CT molecular complexity index is 1210. The van der Waals surface area contributed by atoms with Crippen LogP contribution in [0.2, 0.25) is 0 Å². The normalized spacial score (nSPS) is 11.6. The van der Waals surface area contributed by atoms with Gasteiger partial charge >= 0.3 is 12.9 Å². The van der Waals surface area contributed by atoms with Crippen LogP contribution in [0.15, 0.2) is 41.9 Å². The number of nitrogens with zero attached hydrogens (tertiary/aromatic N) is 5. The molecule has 0 aliphatic carbocycles. The fraction of sp³-hybridized carbons (Fsp3) is 0.200. The lowest BCUT2D eigenvalue weighted by Crippen LogP contribution is -2.27. The van der Waals surface area contributed by atoms with Crippen LogP contribution < -0.4 is 10.5 Å². The van der Waals surface area contributed by atoms with Crippen LogP contribution in [-0.2, 0) is 13.2 Å². The lowest BCUT2D eigenvalue weighted by molar-refractivity contribution is -0.138. The average Bonchev–Trinajstić information content (AvgIpc) is 3.14. The molecule has 0 spiro atoms. The number of aromatic nitrogens is 2. The molecular formula is C20H17F3N6OS. The van der Waals surface area contributed by atoms with E-state index in [9.17, 15) is 13.2 Å². The fourth-order valence-electron chi connectivity index (χ4n) is 2.96. The largest absolute Gasteiger partial charge is 0.425 e. The maximum absolute atomic E-state index is 13.7. The highest BCUT2D eigenvalue weighted by Gasteiger charge is 2.35. The minimum absolute atomic E-state index is 0.0313. The third-order valence-electron chi connectivity index (χ3n) is 4.48. The Balaban J connectivity index is 2.30. The standard InChI is InChI=1S/C20H17F3N6OS/c1-25-11-30-18-7-15-12(6-16(18)20(21,22)23)4-13(17-9-26-10-28(17)2)5-14(15)8-27-29(3)19(24)31/h4-10H,11H2,2-3H3,(H2,24,31). The number of hydrazone groups is 1. The molecule has 3 aromatic rings. The van der Waals surface area contributed by atoms with E-state index in [-0.39, 0.29) is 5.11 Å². The molecular weight excluding hydrogens is 429 g/mol. The van der Waals surface area contributed by atoms with Crippen molar-refractivity contribution < 1.29 is 17.9 Å². The van der Waals surface area contributed by atoms with Crippen molar-refractivity contribution in [3.63, 3.8) is 0 Å². The van der Waals surface area contributed by atoms with Crippen molar-refractivity contribution >= 4 is 34.3 Å². The van der Waals surface area contributed by atoms with Crippen molar-refractivity contribution in [3.8, 4) is 17.0 Å². The summed E-state index contributed by atoms with van der Waals surface area (Å²) in [5, 5.41) is 6.23. The third kappa shape index (κ3) is 4.75. The monoisotopic (exact) mass is 446 g/mol. The molecule has 2 N–H and O–H groups in total. The van der Waals surface area contributed by atoms with E-state index >= 15 is 0 Å². The summed E-state index contributed by atoms with van der Waals surface area (Å²) in [6.45, 7) is 6.29. The molecule has 0 atom stereocenters. The quantitative estimate of drug-likeness (QED) is 0.277. The van der Waals surface area contributed by atoms with Crippen LogP contribution in [0.5, 0.6) is 5.75 Å². The Morgan fingerprint density at radius 2 is 2.13 bits per heavy atom. The molecule has 160 valence electrons. The number of rotatable bonds is 5. The first-order valence-electron chi connectivity index (χ1n) is 8.80. The maximum Gasteiger partial charge on any atom is 0.419 e. The van der Waals surface area contributed by atoms with Gasteiger partial charge in [-0.15, -0.1) is 0 Å². The summed E-state index contributed by atoms with van der Waals surface area (Å²) < 4.78 is 47.8. The molecule has 0 aliphatic heterocycles. The molecule has 0 radical (unpaired) electrons. The van der Waals surface area contributed by atoms with Gasteiger partial charge < -0.3 is 15.0 Å². The first-order chi connectivity index (χ1) is 14.6. The van der Waals surface area contributed by atoms with Crippen LogP contribution in [0, 0.1) is 6.57 Å². The number of thiocarbonyl (C=S) groups is 1. The molecule has 0 amide bonds. The molecule has 0 fully saturated rings. The smallest absolute Gasteiger partial charge is 0.419 e. The van der Waals surface area contributed by atoms with Crippen molar-refractivity contribution in [1.82, 2.24) is 14.6 Å². The summed E-state index contributed by atoms with van der Waals surface area (Å²) in [6.07, 6.45) is -0.000944. The Morgan fingerprint density at radius 1 is 1.39 bits per heavy atom. The number of imidazole rings is 1. The third-order valence-corrected chi connectivity index (χ3v) is 4.74. The number of ether oxygens (including phenoxy) is 1. The Morgan fingerprint density at radius 3 is 2.71 bits per heavy atom. The zero-order valence-corrected chi connectivity index (χ0v) is 17.3. The number of nitrogens with two attached hydrogens (primary N) is 1. The van der Waals surface area contributed by atoms with Gasteiger partial charge in [-0.2, -0.15) is 18.3 Å². The highest BCUT2D eigenvalue weighted by Crippen LogP contribution is 2.40. The summed E-state index contributed by atoms with van der Waals surface area (Å²) in [7, 11) is 3.33. The van der Waals surface area contributed by atoms with Crippen molar-refractivity contribution in [2.45, 2.75) is 6.18 Å². The van der Waals surface area contributed by atoms with Gasteiger partial charge in [0.25, 0.3) is 0 Å². The topological polar surface area (TPSA) is 73.0 Å². The van der Waals surface area contributed by atoms with Gasteiger partial charge in [-0.3, -0.25) is 4.85 Å². The van der Waals surface area contributed by atoms with Crippen LogP contribution in [0.3, 0.4) is 0 Å². The summed E-state index contributed by atoms with van der Waals surface area (Å²) in [5.41, 5.74) is 6.45. The van der Waals surface area contributed by atoms with Gasteiger partial charge in [0, 0.05) is 25.2 Å². The van der Waals surface area contributed by atoms with E-state index in [4.69, 9.17) is 29.3 Å². The van der Waals surface area contributed by atoms with Crippen LogP contribution >= 0.6 is 12.2 Å². The van der Waals surface area contributed by atoms with E-state index in [0.717, 1.165) is 6.07 Å². The van der Waals surface area contributed by atoms with Crippen LogP contribution in [0.1, 0.15) is 11.1 Å². The van der Waals surface area contributed by atoms with Crippen molar-refractivity contribution in [2.75, 3.05) is 13.8 Å². The van der Waals surface area contributed by atoms with E-state index in [1.807, 2.05) is 0 Å². The van der Waals surface area contributed by atoms with Gasteiger partial charge in [-0.1, -0.05) is 0 Å². The summed E-state index contributed by atoms with van der Waals surface area (Å²) >= 11 is 4.87. The van der Waals surface area contributed by atoms with Gasteiger partial charge in [-0.25, -0.2) is 16.6 Å². The first-order valence-corrected chi connectivity index (χ1v) is 9.21. The van der Waals surface area contributed by atoms with Gasteiger partial charge in [0.2, 0.25) is 0 Å². The zero-order valence-electron chi connectivity index (χ0n) is 16.5. The molecule has 7 nitrogen and oxygen atoms in total. The molecule has 1 aromatic heterocycles. The second-order valence-corrected chi connectivity index (χ2v) is 6.98. The molecule has 11 heteroatoms. The maximum atomic E-state index is 13.7. The second-order valence-electron chi connectivity index (χ2n) is 6.56. The van der Waals surface area contributed by atoms with Gasteiger partial charge in [-0.05, 0) is 47.3 Å². The number of fused-ring (bicyclic) bond motifs is 1. The lowest BCUT2D eigenvalue weighted by atomic mass is 9.97. The highest BCUT2D eigenvalue weighted by atomic mass is 32.1. The van der Waals surface area contributed by atoms with E-state index in [2.05, 4.69) is 14.9 Å². The lowest BCUT2D eigenvalue weighted by Gasteiger charge is -2.16. The number of alkyl halides is 3. The predicted octanol–water partition coefficient (Wildman–Crippen LogP) is 4.02. The molecule has 2 aromatic carbocycles. The molecule has 0 aliphatic rings. The van der Waals surface area contributed by atoms with E-state index in [1.54, 1.807) is 43.3 Å². The van der Waals surface area contributed by atoms with Crippen molar-refractivity contribution in [2.24, 2.45) is 17.9 Å². The SMILES string of the molecule is [C-]#[N+]COc1cc2c(C=NN(C)C(N)=S)cc(-c3cncn3C)cc2cc1C(F)(F)F.